The van der Waals surface area contributed by atoms with Gasteiger partial charge in [-0.05, 0) is 0 Å². The first-order chi connectivity index (χ1) is 3.46. The quantitative estimate of drug-likeness (QED) is 0.336. The van der Waals surface area contributed by atoms with Gasteiger partial charge in [-0.1, -0.05) is 0 Å². The maximum atomic E-state index is 8.25. The fourth-order valence-electron chi connectivity index (χ4n) is 0. The summed E-state index contributed by atoms with van der Waals surface area (Å²) in [5.74, 6) is 0. The summed E-state index contributed by atoms with van der Waals surface area (Å²) in [7, 11) is 0. The van der Waals surface area contributed by atoms with Crippen molar-refractivity contribution in [2.45, 2.75) is 0 Å². The van der Waals surface area contributed by atoms with Crippen LogP contribution in [0.5, 0.6) is 0 Å². The van der Waals surface area contributed by atoms with Gasteiger partial charge in [-0.2, -0.15) is 0 Å². The third kappa shape index (κ3) is 2500. The average Bonchev–Trinajstić information content (AvgIpc) is 1.25. The molecule has 0 rings (SSSR count). The van der Waals surface area contributed by atoms with Crippen molar-refractivity contribution in [3.05, 3.63) is 30.6 Å². The minimum absolute atomic E-state index is 0. The Morgan fingerprint density at radius 3 is 0.800 bits per heavy atom. The largest absolute Gasteiger partial charge is 2.00 e. The zero-order chi connectivity index (χ0) is 7.15. The summed E-state index contributed by atoms with van der Waals surface area (Å²) in [5.41, 5.74) is 0. The van der Waals surface area contributed by atoms with Gasteiger partial charge in [-0.15, -0.1) is 0 Å². The summed E-state index contributed by atoms with van der Waals surface area (Å²) in [6.07, 6.45) is 0. The molecule has 0 atom stereocenters. The van der Waals surface area contributed by atoms with Gasteiger partial charge in [0.15, 0.2) is 0 Å². The molecular formula is AgN2NiO6. The molecule has 0 amide bonds. The first-order valence-corrected chi connectivity index (χ1v) is 1.10. The van der Waals surface area contributed by atoms with E-state index in [4.69, 9.17) is 30.6 Å². The molecule has 0 saturated carbocycles. The van der Waals surface area contributed by atoms with Crippen molar-refractivity contribution >= 4 is 0 Å². The van der Waals surface area contributed by atoms with Crippen LogP contribution >= 0.6 is 0 Å². The third-order valence-corrected chi connectivity index (χ3v) is 0. The second-order valence-corrected chi connectivity index (χ2v) is 0.447. The predicted molar refractivity (Wildman–Crippen MR) is 20.7 cm³/mol. The predicted octanol–water partition coefficient (Wildman–Crippen LogP) is -0.483. The van der Waals surface area contributed by atoms with Crippen LogP contribution < -0.4 is 0 Å². The van der Waals surface area contributed by atoms with Crippen LogP contribution in [0.3, 0.4) is 0 Å². The van der Waals surface area contributed by atoms with E-state index in [1.54, 1.807) is 0 Å². The van der Waals surface area contributed by atoms with Crippen molar-refractivity contribution in [2.75, 3.05) is 0 Å². The van der Waals surface area contributed by atoms with Gasteiger partial charge in [-0.3, -0.25) is 0 Å². The van der Waals surface area contributed by atoms with Crippen LogP contribution in [0, 0.1) is 30.6 Å². The molecule has 0 saturated heterocycles. The normalized spacial score (nSPS) is 4.80. The molecule has 0 spiro atoms. The van der Waals surface area contributed by atoms with Crippen molar-refractivity contribution in [2.24, 2.45) is 0 Å². The van der Waals surface area contributed by atoms with Gasteiger partial charge in [-0.25, -0.2) is 0 Å². The summed E-state index contributed by atoms with van der Waals surface area (Å²) >= 11 is 0. The molecule has 8 nitrogen and oxygen atoms in total. The molecule has 0 aliphatic carbocycles. The SMILES string of the molecule is O=[N+]([O-])[O-].O=[N+]([O-])[O-].[Ag].[Ni+2]. The summed E-state index contributed by atoms with van der Waals surface area (Å²) < 4.78 is 0. The number of hydrogen-bond acceptors (Lipinski definition) is 6. The summed E-state index contributed by atoms with van der Waals surface area (Å²) in [6.45, 7) is 0. The van der Waals surface area contributed by atoms with Gasteiger partial charge in [0.05, 0.1) is 10.2 Å². The molecule has 0 N–H and O–H groups in total. The van der Waals surface area contributed by atoms with Crippen molar-refractivity contribution in [1.82, 2.24) is 0 Å². The Morgan fingerprint density at radius 1 is 0.800 bits per heavy atom. The summed E-state index contributed by atoms with van der Waals surface area (Å²) in [4.78, 5) is 16.5. The zero-order valence-corrected chi connectivity index (χ0v) is 6.43. The minimum Gasteiger partial charge on any atom is -0.356 e. The zero-order valence-electron chi connectivity index (χ0n) is 3.96. The molecule has 0 aromatic rings. The molecule has 0 aromatic carbocycles. The fraction of sp³-hybridized carbons (Fsp3) is 0. The van der Waals surface area contributed by atoms with Gasteiger partial charge in [0.2, 0.25) is 0 Å². The second-order valence-electron chi connectivity index (χ2n) is 0.447. The number of hydrogen-bond donors (Lipinski definition) is 0. The second kappa shape index (κ2) is 15.9. The van der Waals surface area contributed by atoms with E-state index in [9.17, 15) is 0 Å². The fourth-order valence-corrected chi connectivity index (χ4v) is 0. The Bertz CT molecular complexity index is 73.7. The van der Waals surface area contributed by atoms with E-state index < -0.39 is 10.2 Å². The van der Waals surface area contributed by atoms with E-state index in [2.05, 4.69) is 0 Å². The van der Waals surface area contributed by atoms with Gasteiger partial charge in [0, 0.05) is 22.4 Å². The maximum absolute atomic E-state index is 8.25. The molecule has 10 heteroatoms. The smallest absolute Gasteiger partial charge is 0.356 e. The van der Waals surface area contributed by atoms with Crippen LogP contribution in [0.15, 0.2) is 0 Å². The molecular weight excluding hydrogens is 291 g/mol. The summed E-state index contributed by atoms with van der Waals surface area (Å²) in [6, 6.07) is 0. The topological polar surface area (TPSA) is 132 Å². The van der Waals surface area contributed by atoms with Gasteiger partial charge >= 0.3 is 16.5 Å². The first kappa shape index (κ1) is 22.6. The van der Waals surface area contributed by atoms with Crippen molar-refractivity contribution in [1.29, 1.82) is 0 Å². The average molecular weight is 291 g/mol. The first-order valence-electron chi connectivity index (χ1n) is 1.10. The van der Waals surface area contributed by atoms with Crippen molar-refractivity contribution in [3.63, 3.8) is 0 Å². The molecule has 1 radical (unpaired) electrons. The van der Waals surface area contributed by atoms with E-state index in [1.807, 2.05) is 0 Å². The molecule has 10 heavy (non-hydrogen) atoms. The van der Waals surface area contributed by atoms with Gasteiger partial charge in [0.25, 0.3) is 0 Å². The Labute approximate surface area is 79.9 Å². The Balaban J connectivity index is -0.0000000300. The monoisotopic (exact) mass is 289 g/mol. The molecule has 0 aromatic heterocycles. The van der Waals surface area contributed by atoms with Crippen LogP contribution in [-0.4, -0.2) is 10.2 Å². The molecule has 0 aliphatic heterocycles. The van der Waals surface area contributed by atoms with Crippen molar-refractivity contribution in [3.8, 4) is 0 Å². The molecule has 0 fully saturated rings. The van der Waals surface area contributed by atoms with Gasteiger partial charge in [0.1, 0.15) is 0 Å². The number of nitrogens with zero attached hydrogens (tertiary/aromatic N) is 2. The molecule has 67 valence electrons. The maximum Gasteiger partial charge on any atom is 2.00 e. The Hall–Kier alpha value is -0.366. The minimum atomic E-state index is -1.75. The standard InChI is InChI=1S/Ag.2NO3.Ni/c;2*2-1(3)4;/q;2*-1;+2. The van der Waals surface area contributed by atoms with Crippen molar-refractivity contribution < 1.29 is 49.0 Å². The van der Waals surface area contributed by atoms with Crippen LogP contribution in [0.2, 0.25) is 0 Å². The Morgan fingerprint density at radius 2 is 0.800 bits per heavy atom. The summed E-state index contributed by atoms with van der Waals surface area (Å²) in [5, 5.41) is 29.5. The molecule has 0 heterocycles. The third-order valence-electron chi connectivity index (χ3n) is 0. The number of rotatable bonds is 0. The van der Waals surface area contributed by atoms with Crippen LogP contribution in [0.1, 0.15) is 0 Å². The van der Waals surface area contributed by atoms with E-state index in [-0.39, 0.29) is 38.9 Å². The van der Waals surface area contributed by atoms with E-state index >= 15 is 0 Å². The van der Waals surface area contributed by atoms with Crippen LogP contribution in [0.4, 0.5) is 0 Å². The molecule has 0 aliphatic rings. The molecule has 0 bridgehead atoms. The van der Waals surface area contributed by atoms with Crippen LogP contribution in [-0.2, 0) is 38.9 Å². The Kier molecular flexibility index (Phi) is 35.9. The van der Waals surface area contributed by atoms with Crippen LogP contribution in [0.25, 0.3) is 0 Å². The van der Waals surface area contributed by atoms with E-state index in [0.29, 0.717) is 0 Å². The van der Waals surface area contributed by atoms with E-state index in [0.717, 1.165) is 0 Å². The molecule has 0 unspecified atom stereocenters. The van der Waals surface area contributed by atoms with Gasteiger partial charge < -0.3 is 30.6 Å². The van der Waals surface area contributed by atoms with E-state index in [1.165, 1.54) is 0 Å².